The Morgan fingerprint density at radius 1 is 1.20 bits per heavy atom. The van der Waals surface area contributed by atoms with Crippen LogP contribution in [0.2, 0.25) is 0 Å². The SMILES string of the molecule is CC1CC1C1(C)CC1(C)C. The van der Waals surface area contributed by atoms with Crippen LogP contribution in [0.4, 0.5) is 0 Å². The second-order valence-corrected chi connectivity index (χ2v) is 5.30. The summed E-state index contributed by atoms with van der Waals surface area (Å²) in [5, 5.41) is 0. The fraction of sp³-hybridized carbons (Fsp3) is 1.00. The fourth-order valence-electron chi connectivity index (χ4n) is 2.72. The zero-order valence-corrected chi connectivity index (χ0v) is 7.57. The third-order valence-corrected chi connectivity index (χ3v) is 4.16. The molecule has 0 aliphatic heterocycles. The lowest BCUT2D eigenvalue weighted by Gasteiger charge is -2.13. The van der Waals surface area contributed by atoms with E-state index in [1.165, 1.54) is 12.8 Å². The molecular weight excluding hydrogens is 120 g/mol. The van der Waals surface area contributed by atoms with Crippen LogP contribution in [0.5, 0.6) is 0 Å². The molecule has 0 heterocycles. The van der Waals surface area contributed by atoms with Crippen LogP contribution in [0.25, 0.3) is 0 Å². The molecule has 0 N–H and O–H groups in total. The summed E-state index contributed by atoms with van der Waals surface area (Å²) in [6, 6.07) is 0. The monoisotopic (exact) mass is 138 g/mol. The third-order valence-electron chi connectivity index (χ3n) is 4.16. The molecular formula is C10H18. The lowest BCUT2D eigenvalue weighted by Crippen LogP contribution is -2.06. The molecule has 0 aromatic heterocycles. The summed E-state index contributed by atoms with van der Waals surface area (Å²) in [6.45, 7) is 9.70. The molecule has 0 aromatic rings. The van der Waals surface area contributed by atoms with Crippen molar-refractivity contribution in [3.63, 3.8) is 0 Å². The average molecular weight is 138 g/mol. The molecule has 0 aromatic carbocycles. The van der Waals surface area contributed by atoms with Crippen molar-refractivity contribution in [2.75, 3.05) is 0 Å². The van der Waals surface area contributed by atoms with Gasteiger partial charge in [0.15, 0.2) is 0 Å². The molecule has 0 bridgehead atoms. The molecule has 2 rings (SSSR count). The molecule has 10 heavy (non-hydrogen) atoms. The number of hydrogen-bond donors (Lipinski definition) is 0. The van der Waals surface area contributed by atoms with Crippen molar-refractivity contribution in [1.82, 2.24) is 0 Å². The van der Waals surface area contributed by atoms with E-state index >= 15 is 0 Å². The molecule has 3 unspecified atom stereocenters. The van der Waals surface area contributed by atoms with Gasteiger partial charge < -0.3 is 0 Å². The first-order valence-corrected chi connectivity index (χ1v) is 4.47. The maximum absolute atomic E-state index is 2.47. The lowest BCUT2D eigenvalue weighted by molar-refractivity contribution is 0.354. The van der Waals surface area contributed by atoms with Crippen molar-refractivity contribution in [2.45, 2.75) is 40.5 Å². The Morgan fingerprint density at radius 3 is 1.70 bits per heavy atom. The Morgan fingerprint density at radius 2 is 1.60 bits per heavy atom. The van der Waals surface area contributed by atoms with Gasteiger partial charge in [-0.2, -0.15) is 0 Å². The molecule has 2 saturated carbocycles. The molecule has 58 valence electrons. The highest BCUT2D eigenvalue weighted by molar-refractivity contribution is 5.15. The van der Waals surface area contributed by atoms with Gasteiger partial charge in [0.25, 0.3) is 0 Å². The van der Waals surface area contributed by atoms with Crippen LogP contribution in [-0.2, 0) is 0 Å². The van der Waals surface area contributed by atoms with E-state index in [9.17, 15) is 0 Å². The first-order valence-electron chi connectivity index (χ1n) is 4.47. The molecule has 0 spiro atoms. The van der Waals surface area contributed by atoms with E-state index in [2.05, 4.69) is 27.7 Å². The summed E-state index contributed by atoms with van der Waals surface area (Å²) in [7, 11) is 0. The molecule has 2 aliphatic carbocycles. The molecule has 0 saturated heterocycles. The van der Waals surface area contributed by atoms with Gasteiger partial charge >= 0.3 is 0 Å². The maximum Gasteiger partial charge on any atom is -0.0238 e. The number of rotatable bonds is 1. The van der Waals surface area contributed by atoms with Gasteiger partial charge in [-0.05, 0) is 35.5 Å². The lowest BCUT2D eigenvalue weighted by atomic mass is 9.92. The smallest absolute Gasteiger partial charge is 0.0238 e. The third kappa shape index (κ3) is 0.627. The Bertz CT molecular complexity index is 169. The van der Waals surface area contributed by atoms with E-state index in [0.29, 0.717) is 5.41 Å². The van der Waals surface area contributed by atoms with Crippen LogP contribution in [0.1, 0.15) is 40.5 Å². The van der Waals surface area contributed by atoms with E-state index in [4.69, 9.17) is 0 Å². The Balaban J connectivity index is 2.07. The molecule has 0 radical (unpaired) electrons. The Hall–Kier alpha value is 0. The van der Waals surface area contributed by atoms with Crippen molar-refractivity contribution in [3.05, 3.63) is 0 Å². The van der Waals surface area contributed by atoms with Gasteiger partial charge in [-0.3, -0.25) is 0 Å². The van der Waals surface area contributed by atoms with E-state index < -0.39 is 0 Å². The Kier molecular flexibility index (Phi) is 0.964. The second-order valence-electron chi connectivity index (χ2n) is 5.30. The molecule has 0 nitrogen and oxygen atoms in total. The van der Waals surface area contributed by atoms with E-state index in [1.807, 2.05) is 0 Å². The first kappa shape index (κ1) is 6.69. The van der Waals surface area contributed by atoms with Crippen molar-refractivity contribution < 1.29 is 0 Å². The van der Waals surface area contributed by atoms with Gasteiger partial charge in [0, 0.05) is 0 Å². The average Bonchev–Trinajstić information content (AvgIpc) is 2.54. The van der Waals surface area contributed by atoms with Gasteiger partial charge in [0.2, 0.25) is 0 Å². The molecule has 2 fully saturated rings. The highest BCUT2D eigenvalue weighted by atomic mass is 14.7. The van der Waals surface area contributed by atoms with Gasteiger partial charge in [-0.15, -0.1) is 0 Å². The maximum atomic E-state index is 2.47. The topological polar surface area (TPSA) is 0 Å². The standard InChI is InChI=1S/C10H18/c1-7-5-8(7)10(4)6-9(10,2)3/h7-8H,5-6H2,1-4H3. The summed E-state index contributed by atoms with van der Waals surface area (Å²) < 4.78 is 0. The molecule has 3 atom stereocenters. The summed E-state index contributed by atoms with van der Waals surface area (Å²) in [5.41, 5.74) is 1.40. The number of hydrogen-bond acceptors (Lipinski definition) is 0. The van der Waals surface area contributed by atoms with Crippen LogP contribution in [-0.4, -0.2) is 0 Å². The van der Waals surface area contributed by atoms with Crippen LogP contribution in [0.15, 0.2) is 0 Å². The van der Waals surface area contributed by atoms with Gasteiger partial charge in [0.05, 0.1) is 0 Å². The van der Waals surface area contributed by atoms with E-state index in [0.717, 1.165) is 17.3 Å². The predicted octanol–water partition coefficient (Wildman–Crippen LogP) is 3.08. The minimum absolute atomic E-state index is 0.669. The summed E-state index contributed by atoms with van der Waals surface area (Å²) in [4.78, 5) is 0. The zero-order valence-electron chi connectivity index (χ0n) is 7.57. The molecule has 0 heteroatoms. The van der Waals surface area contributed by atoms with Crippen molar-refractivity contribution in [3.8, 4) is 0 Å². The summed E-state index contributed by atoms with van der Waals surface area (Å²) >= 11 is 0. The molecule has 0 amide bonds. The van der Waals surface area contributed by atoms with Crippen LogP contribution in [0, 0.1) is 22.7 Å². The van der Waals surface area contributed by atoms with Gasteiger partial charge in [0.1, 0.15) is 0 Å². The first-order chi connectivity index (χ1) is 4.47. The predicted molar refractivity (Wildman–Crippen MR) is 43.8 cm³/mol. The normalized spacial score (nSPS) is 56.4. The van der Waals surface area contributed by atoms with E-state index in [1.54, 1.807) is 0 Å². The van der Waals surface area contributed by atoms with Crippen LogP contribution >= 0.6 is 0 Å². The van der Waals surface area contributed by atoms with Crippen molar-refractivity contribution in [1.29, 1.82) is 0 Å². The van der Waals surface area contributed by atoms with Gasteiger partial charge in [-0.25, -0.2) is 0 Å². The highest BCUT2D eigenvalue weighted by Gasteiger charge is 2.66. The van der Waals surface area contributed by atoms with Crippen molar-refractivity contribution >= 4 is 0 Å². The van der Waals surface area contributed by atoms with Gasteiger partial charge in [-0.1, -0.05) is 27.7 Å². The molecule has 2 aliphatic rings. The summed E-state index contributed by atoms with van der Waals surface area (Å²) in [5.74, 6) is 2.11. The van der Waals surface area contributed by atoms with Crippen LogP contribution < -0.4 is 0 Å². The minimum Gasteiger partial charge on any atom is -0.0622 e. The largest absolute Gasteiger partial charge is 0.0622 e. The quantitative estimate of drug-likeness (QED) is 0.522. The fourth-order valence-corrected chi connectivity index (χ4v) is 2.72. The highest BCUT2D eigenvalue weighted by Crippen LogP contribution is 2.74. The summed E-state index contributed by atoms with van der Waals surface area (Å²) in [6.07, 6.45) is 2.97. The second kappa shape index (κ2) is 1.44. The van der Waals surface area contributed by atoms with E-state index in [-0.39, 0.29) is 0 Å². The Labute approximate surface area is 64.0 Å². The minimum atomic E-state index is 0.669. The zero-order chi connectivity index (χ0) is 7.57. The van der Waals surface area contributed by atoms with Crippen LogP contribution in [0.3, 0.4) is 0 Å². The van der Waals surface area contributed by atoms with Crippen molar-refractivity contribution in [2.24, 2.45) is 22.7 Å².